The molecule has 3 amide bonds. The third kappa shape index (κ3) is 4.28. The predicted octanol–water partition coefficient (Wildman–Crippen LogP) is 2.59. The molecule has 140 valence electrons. The van der Waals surface area contributed by atoms with Crippen molar-refractivity contribution in [2.45, 2.75) is 19.6 Å². The highest BCUT2D eigenvalue weighted by molar-refractivity contribution is 6.21. The lowest BCUT2D eigenvalue weighted by molar-refractivity contribution is -0.121. The van der Waals surface area contributed by atoms with Crippen LogP contribution in [0.25, 0.3) is 0 Å². The number of nitrogens with one attached hydrogen (secondary N) is 1. The van der Waals surface area contributed by atoms with Crippen molar-refractivity contribution in [3.05, 3.63) is 65.2 Å². The Hall–Kier alpha value is -3.29. The number of hydrogen-bond acceptors (Lipinski definition) is 4. The number of carbonyl (C=O) groups is 3. The van der Waals surface area contributed by atoms with Gasteiger partial charge >= 0.3 is 6.61 Å². The Kier molecular flexibility index (Phi) is 5.44. The Labute approximate surface area is 153 Å². The molecule has 3 rings (SSSR count). The number of ether oxygens (including phenoxy) is 1. The van der Waals surface area contributed by atoms with Crippen molar-refractivity contribution in [2.24, 2.45) is 0 Å². The molecule has 2 aromatic rings. The molecule has 0 aliphatic carbocycles. The number of halogens is 2. The summed E-state index contributed by atoms with van der Waals surface area (Å²) in [6.45, 7) is -2.84. The lowest BCUT2D eigenvalue weighted by Gasteiger charge is -2.13. The van der Waals surface area contributed by atoms with E-state index in [9.17, 15) is 23.2 Å². The number of hydrogen-bond donors (Lipinski definition) is 1. The minimum Gasteiger partial charge on any atom is -0.435 e. The number of rotatable bonds is 7. The number of amides is 3. The molecule has 0 aromatic heterocycles. The molecule has 27 heavy (non-hydrogen) atoms. The van der Waals surface area contributed by atoms with Crippen LogP contribution in [-0.2, 0) is 11.3 Å². The van der Waals surface area contributed by atoms with E-state index < -0.39 is 18.4 Å². The number of carbonyl (C=O) groups excluding carboxylic acids is 3. The SMILES string of the molecule is O=C(CCN1C(=O)c2ccccc2C1=O)NCc1cccc(OC(F)F)c1. The van der Waals surface area contributed by atoms with E-state index in [4.69, 9.17) is 0 Å². The van der Waals surface area contributed by atoms with E-state index in [0.717, 1.165) is 4.90 Å². The van der Waals surface area contributed by atoms with Gasteiger partial charge in [0.15, 0.2) is 0 Å². The van der Waals surface area contributed by atoms with Gasteiger partial charge in [0.25, 0.3) is 11.8 Å². The van der Waals surface area contributed by atoms with Crippen molar-refractivity contribution < 1.29 is 27.9 Å². The molecule has 0 saturated heterocycles. The number of fused-ring (bicyclic) bond motifs is 1. The first-order chi connectivity index (χ1) is 13.0. The molecule has 1 N–H and O–H groups in total. The summed E-state index contributed by atoms with van der Waals surface area (Å²) in [5, 5.41) is 2.62. The van der Waals surface area contributed by atoms with Crippen LogP contribution in [0.5, 0.6) is 5.75 Å². The molecule has 1 heterocycles. The molecule has 1 aliphatic rings. The molecule has 0 radical (unpaired) electrons. The van der Waals surface area contributed by atoms with Gasteiger partial charge in [-0.25, -0.2) is 0 Å². The Morgan fingerprint density at radius 2 is 1.70 bits per heavy atom. The van der Waals surface area contributed by atoms with Crippen molar-refractivity contribution in [3.8, 4) is 5.75 Å². The van der Waals surface area contributed by atoms with E-state index in [0.29, 0.717) is 16.7 Å². The number of imide groups is 1. The summed E-state index contributed by atoms with van der Waals surface area (Å²) >= 11 is 0. The average Bonchev–Trinajstić information content (AvgIpc) is 2.89. The van der Waals surface area contributed by atoms with Crippen molar-refractivity contribution >= 4 is 17.7 Å². The summed E-state index contributed by atoms with van der Waals surface area (Å²) in [7, 11) is 0. The molecule has 0 atom stereocenters. The van der Waals surface area contributed by atoms with Gasteiger partial charge in [-0.05, 0) is 29.8 Å². The molecule has 0 saturated carbocycles. The van der Waals surface area contributed by atoms with Gasteiger partial charge in [-0.1, -0.05) is 24.3 Å². The highest BCUT2D eigenvalue weighted by Crippen LogP contribution is 2.22. The van der Waals surface area contributed by atoms with Gasteiger partial charge < -0.3 is 10.1 Å². The van der Waals surface area contributed by atoms with E-state index in [-0.39, 0.29) is 31.2 Å². The number of alkyl halides is 2. The van der Waals surface area contributed by atoms with Crippen LogP contribution in [0.2, 0.25) is 0 Å². The number of benzene rings is 2. The lowest BCUT2D eigenvalue weighted by Crippen LogP contribution is -2.34. The molecule has 6 nitrogen and oxygen atoms in total. The van der Waals surface area contributed by atoms with Crippen LogP contribution in [0.1, 0.15) is 32.7 Å². The van der Waals surface area contributed by atoms with Crippen LogP contribution in [0.4, 0.5) is 8.78 Å². The van der Waals surface area contributed by atoms with Crippen LogP contribution in [0, 0.1) is 0 Å². The average molecular weight is 374 g/mol. The van der Waals surface area contributed by atoms with Crippen molar-refractivity contribution in [1.29, 1.82) is 0 Å². The second kappa shape index (κ2) is 7.94. The van der Waals surface area contributed by atoms with Crippen molar-refractivity contribution in [1.82, 2.24) is 10.2 Å². The fraction of sp³-hybridized carbons (Fsp3) is 0.211. The van der Waals surface area contributed by atoms with Crippen LogP contribution in [0.15, 0.2) is 48.5 Å². The predicted molar refractivity (Wildman–Crippen MR) is 91.3 cm³/mol. The van der Waals surface area contributed by atoms with Crippen LogP contribution in [0.3, 0.4) is 0 Å². The first kappa shape index (κ1) is 18.5. The van der Waals surface area contributed by atoms with Crippen molar-refractivity contribution in [3.63, 3.8) is 0 Å². The summed E-state index contributed by atoms with van der Waals surface area (Å²) in [5.74, 6) is -1.20. The highest BCUT2D eigenvalue weighted by Gasteiger charge is 2.34. The maximum Gasteiger partial charge on any atom is 0.387 e. The first-order valence-electron chi connectivity index (χ1n) is 8.21. The van der Waals surface area contributed by atoms with E-state index in [1.807, 2.05) is 0 Å². The molecular formula is C19H16F2N2O4. The van der Waals surface area contributed by atoms with Gasteiger partial charge in [0.1, 0.15) is 5.75 Å². The van der Waals surface area contributed by atoms with E-state index in [1.165, 1.54) is 18.2 Å². The third-order valence-corrected chi connectivity index (χ3v) is 4.05. The minimum absolute atomic E-state index is 0.00257. The lowest BCUT2D eigenvalue weighted by atomic mass is 10.1. The van der Waals surface area contributed by atoms with Gasteiger partial charge in [-0.15, -0.1) is 0 Å². The quantitative estimate of drug-likeness (QED) is 0.756. The monoisotopic (exact) mass is 374 g/mol. The third-order valence-electron chi connectivity index (χ3n) is 4.05. The molecule has 1 aliphatic heterocycles. The topological polar surface area (TPSA) is 75.7 Å². The standard InChI is InChI=1S/C19H16F2N2O4/c20-19(21)27-13-5-3-4-12(10-13)11-22-16(24)8-9-23-17(25)14-6-1-2-7-15(14)18(23)26/h1-7,10,19H,8-9,11H2,(H,22,24). The smallest absolute Gasteiger partial charge is 0.387 e. The normalized spacial score (nSPS) is 13.1. The zero-order valence-corrected chi connectivity index (χ0v) is 14.2. The molecule has 0 fully saturated rings. The first-order valence-corrected chi connectivity index (χ1v) is 8.21. The summed E-state index contributed by atoms with van der Waals surface area (Å²) < 4.78 is 28.8. The molecule has 0 spiro atoms. The molecular weight excluding hydrogens is 358 g/mol. The summed E-state index contributed by atoms with van der Waals surface area (Å²) in [6, 6.07) is 12.5. The zero-order valence-electron chi connectivity index (χ0n) is 14.2. The van der Waals surface area contributed by atoms with Crippen LogP contribution in [-0.4, -0.2) is 35.8 Å². The van der Waals surface area contributed by atoms with Gasteiger partial charge in [0.05, 0.1) is 11.1 Å². The van der Waals surface area contributed by atoms with Gasteiger partial charge in [0, 0.05) is 19.5 Å². The Bertz CT molecular complexity index is 851. The fourth-order valence-corrected chi connectivity index (χ4v) is 2.78. The van der Waals surface area contributed by atoms with Crippen LogP contribution >= 0.6 is 0 Å². The van der Waals surface area contributed by atoms with E-state index in [2.05, 4.69) is 10.1 Å². The van der Waals surface area contributed by atoms with Crippen molar-refractivity contribution in [2.75, 3.05) is 6.54 Å². The Balaban J connectivity index is 1.51. The maximum absolute atomic E-state index is 12.2. The molecule has 0 unspecified atom stereocenters. The maximum atomic E-state index is 12.2. The number of nitrogens with zero attached hydrogens (tertiary/aromatic N) is 1. The summed E-state index contributed by atoms with van der Waals surface area (Å²) in [6.07, 6.45) is -0.0569. The second-order valence-corrected chi connectivity index (χ2v) is 5.86. The van der Waals surface area contributed by atoms with E-state index in [1.54, 1.807) is 30.3 Å². The molecule has 0 bridgehead atoms. The Morgan fingerprint density at radius 1 is 1.04 bits per heavy atom. The van der Waals surface area contributed by atoms with Gasteiger partial charge in [0.2, 0.25) is 5.91 Å². The van der Waals surface area contributed by atoms with Gasteiger partial charge in [-0.2, -0.15) is 8.78 Å². The summed E-state index contributed by atoms with van der Waals surface area (Å²) in [5.41, 5.74) is 1.25. The minimum atomic E-state index is -2.92. The largest absolute Gasteiger partial charge is 0.435 e. The van der Waals surface area contributed by atoms with E-state index >= 15 is 0 Å². The molecule has 2 aromatic carbocycles. The zero-order chi connectivity index (χ0) is 19.4. The second-order valence-electron chi connectivity index (χ2n) is 5.86. The fourth-order valence-electron chi connectivity index (χ4n) is 2.78. The van der Waals surface area contributed by atoms with Crippen LogP contribution < -0.4 is 10.1 Å². The highest BCUT2D eigenvalue weighted by atomic mass is 19.3. The summed E-state index contributed by atoms with van der Waals surface area (Å²) in [4.78, 5) is 37.5. The Morgan fingerprint density at radius 3 is 2.33 bits per heavy atom. The molecule has 8 heteroatoms. The van der Waals surface area contributed by atoms with Gasteiger partial charge in [-0.3, -0.25) is 19.3 Å².